The van der Waals surface area contributed by atoms with E-state index in [0.29, 0.717) is 22.6 Å². The Balaban J connectivity index is 2.08. The molecule has 5 heteroatoms. The Morgan fingerprint density at radius 3 is 2.25 bits per heavy atom. The first-order valence-electron chi connectivity index (χ1n) is 5.87. The number of nitrogens with one attached hydrogen (secondary N) is 1. The van der Waals surface area contributed by atoms with Crippen LogP contribution in [0, 0.1) is 6.07 Å². The van der Waals surface area contributed by atoms with Crippen molar-refractivity contribution in [1.29, 1.82) is 0 Å². The van der Waals surface area contributed by atoms with Crippen LogP contribution >= 0.6 is 0 Å². The molecule has 0 aliphatic heterocycles. The van der Waals surface area contributed by atoms with Crippen molar-refractivity contribution >= 4 is 17.5 Å². The van der Waals surface area contributed by atoms with Crippen LogP contribution in [0.15, 0.2) is 42.5 Å². The lowest BCUT2D eigenvalue weighted by Gasteiger charge is -2.06. The van der Waals surface area contributed by atoms with Gasteiger partial charge in [-0.15, -0.1) is 0 Å². The molecule has 2 aromatic rings. The lowest BCUT2D eigenvalue weighted by atomic mass is 10.1. The van der Waals surface area contributed by atoms with Gasteiger partial charge in [-0.25, -0.2) is 0 Å². The fraction of sp³-hybridized carbons (Fsp3) is 0.0667. The van der Waals surface area contributed by atoms with E-state index in [1.807, 2.05) is 0 Å². The summed E-state index contributed by atoms with van der Waals surface area (Å²) in [7, 11) is 1.53. The van der Waals surface area contributed by atoms with Gasteiger partial charge in [0.1, 0.15) is 5.75 Å². The van der Waals surface area contributed by atoms with Crippen LogP contribution in [0.3, 0.4) is 0 Å². The highest BCUT2D eigenvalue weighted by atomic mass is 16.5. The molecule has 2 amide bonds. The molecule has 5 nitrogen and oxygen atoms in total. The van der Waals surface area contributed by atoms with Gasteiger partial charge in [-0.1, -0.05) is 0 Å². The second-order valence-corrected chi connectivity index (χ2v) is 4.04. The number of hydrogen-bond donors (Lipinski definition) is 2. The summed E-state index contributed by atoms with van der Waals surface area (Å²) in [4.78, 5) is 22.9. The van der Waals surface area contributed by atoms with Crippen LogP contribution in [0.25, 0.3) is 0 Å². The van der Waals surface area contributed by atoms with Gasteiger partial charge >= 0.3 is 0 Å². The number of nitrogens with two attached hydrogens (primary N) is 1. The Hall–Kier alpha value is -2.82. The topological polar surface area (TPSA) is 81.4 Å². The van der Waals surface area contributed by atoms with Crippen molar-refractivity contribution in [2.75, 3.05) is 12.4 Å². The normalized spacial score (nSPS) is 9.85. The minimum absolute atomic E-state index is 0.268. The average molecular weight is 269 g/mol. The van der Waals surface area contributed by atoms with Crippen LogP contribution in [0.1, 0.15) is 20.7 Å². The summed E-state index contributed by atoms with van der Waals surface area (Å²) in [6.07, 6.45) is 0. The third kappa shape index (κ3) is 3.14. The van der Waals surface area contributed by atoms with Crippen molar-refractivity contribution in [2.24, 2.45) is 5.73 Å². The lowest BCUT2D eigenvalue weighted by Crippen LogP contribution is -2.13. The molecule has 2 aromatic carbocycles. The fourth-order valence-electron chi connectivity index (χ4n) is 1.60. The molecule has 20 heavy (non-hydrogen) atoms. The maximum Gasteiger partial charge on any atom is 0.255 e. The number of primary amides is 1. The predicted octanol–water partition coefficient (Wildman–Crippen LogP) is 1.85. The number of carbonyl (C=O) groups excluding carboxylic acids is 2. The molecule has 0 atom stereocenters. The van der Waals surface area contributed by atoms with Crippen LogP contribution in [0.2, 0.25) is 0 Å². The first-order valence-corrected chi connectivity index (χ1v) is 5.87. The monoisotopic (exact) mass is 269 g/mol. The minimum atomic E-state index is -0.507. The summed E-state index contributed by atoms with van der Waals surface area (Å²) in [6.45, 7) is 0. The van der Waals surface area contributed by atoms with Gasteiger partial charge in [0.15, 0.2) is 0 Å². The Morgan fingerprint density at radius 2 is 1.75 bits per heavy atom. The van der Waals surface area contributed by atoms with Crippen LogP contribution in [0.4, 0.5) is 5.69 Å². The zero-order chi connectivity index (χ0) is 14.5. The quantitative estimate of drug-likeness (QED) is 0.888. The predicted molar refractivity (Wildman–Crippen MR) is 74.7 cm³/mol. The van der Waals surface area contributed by atoms with Gasteiger partial charge in [0, 0.05) is 22.9 Å². The van der Waals surface area contributed by atoms with E-state index in [9.17, 15) is 9.59 Å². The third-order valence-electron chi connectivity index (χ3n) is 2.69. The fourth-order valence-corrected chi connectivity index (χ4v) is 1.60. The van der Waals surface area contributed by atoms with Gasteiger partial charge in [0.05, 0.1) is 7.11 Å². The first kappa shape index (κ1) is 13.6. The minimum Gasteiger partial charge on any atom is -0.496 e. The number of hydrogen-bond acceptors (Lipinski definition) is 3. The number of amides is 2. The summed E-state index contributed by atoms with van der Waals surface area (Å²) >= 11 is 0. The summed E-state index contributed by atoms with van der Waals surface area (Å²) in [6, 6.07) is 14.0. The Morgan fingerprint density at radius 1 is 1.10 bits per heavy atom. The molecule has 0 saturated carbocycles. The van der Waals surface area contributed by atoms with E-state index in [1.165, 1.54) is 7.11 Å². The lowest BCUT2D eigenvalue weighted by molar-refractivity contribution is 0.0998. The van der Waals surface area contributed by atoms with Crippen LogP contribution < -0.4 is 15.8 Å². The molecule has 3 N–H and O–H groups in total. The van der Waals surface area contributed by atoms with E-state index in [4.69, 9.17) is 10.5 Å². The first-order chi connectivity index (χ1) is 9.60. The van der Waals surface area contributed by atoms with Crippen molar-refractivity contribution in [3.63, 3.8) is 0 Å². The molecule has 0 saturated heterocycles. The van der Waals surface area contributed by atoms with Crippen molar-refractivity contribution in [3.05, 3.63) is 59.7 Å². The highest BCUT2D eigenvalue weighted by Crippen LogP contribution is 2.14. The number of ether oxygens (including phenoxy) is 1. The van der Waals surface area contributed by atoms with E-state index in [2.05, 4.69) is 11.4 Å². The van der Waals surface area contributed by atoms with Gasteiger partial charge in [-0.3, -0.25) is 9.59 Å². The number of carbonyl (C=O) groups is 2. The molecule has 0 heterocycles. The molecule has 0 aromatic heterocycles. The summed E-state index contributed by atoms with van der Waals surface area (Å²) in [5.41, 5.74) is 6.57. The van der Waals surface area contributed by atoms with E-state index >= 15 is 0 Å². The highest BCUT2D eigenvalue weighted by Gasteiger charge is 2.07. The molecule has 0 bridgehead atoms. The van der Waals surface area contributed by atoms with Crippen LogP contribution in [0.5, 0.6) is 5.75 Å². The Bertz CT molecular complexity index is 619. The number of benzene rings is 2. The van der Waals surface area contributed by atoms with Gasteiger partial charge in [-0.2, -0.15) is 0 Å². The third-order valence-corrected chi connectivity index (χ3v) is 2.69. The number of rotatable bonds is 4. The SMILES string of the molecule is COc1[c]cc(C(=O)Nc2ccc(C(N)=O)cc2)cc1. The number of methoxy groups -OCH3 is 1. The van der Waals surface area contributed by atoms with Crippen molar-refractivity contribution in [1.82, 2.24) is 0 Å². The molecular formula is C15H13N2O3. The van der Waals surface area contributed by atoms with Gasteiger partial charge < -0.3 is 15.8 Å². The molecular weight excluding hydrogens is 256 g/mol. The summed E-state index contributed by atoms with van der Waals surface area (Å²) in [5.74, 6) is -0.212. The second-order valence-electron chi connectivity index (χ2n) is 4.04. The van der Waals surface area contributed by atoms with E-state index in [1.54, 1.807) is 42.5 Å². The molecule has 0 aliphatic carbocycles. The highest BCUT2D eigenvalue weighted by molar-refractivity contribution is 6.04. The van der Waals surface area contributed by atoms with Gasteiger partial charge in [0.25, 0.3) is 5.91 Å². The largest absolute Gasteiger partial charge is 0.496 e. The molecule has 0 spiro atoms. The van der Waals surface area contributed by atoms with Crippen LogP contribution in [-0.4, -0.2) is 18.9 Å². The maximum absolute atomic E-state index is 12.0. The summed E-state index contributed by atoms with van der Waals surface area (Å²) < 4.78 is 4.97. The molecule has 101 valence electrons. The standard InChI is InChI=1S/C15H13N2O3/c1-20-13-8-4-11(5-9-13)15(19)17-12-6-2-10(3-7-12)14(16)18/h2-8H,1H3,(H2,16,18)(H,17,19). The molecule has 0 unspecified atom stereocenters. The molecule has 0 fully saturated rings. The van der Waals surface area contributed by atoms with E-state index < -0.39 is 5.91 Å². The Kier molecular flexibility index (Phi) is 4.00. The van der Waals surface area contributed by atoms with Gasteiger partial charge in [-0.05, 0) is 42.5 Å². The zero-order valence-electron chi connectivity index (χ0n) is 10.8. The number of anilines is 1. The Labute approximate surface area is 116 Å². The molecule has 1 radical (unpaired) electrons. The zero-order valence-corrected chi connectivity index (χ0v) is 10.8. The van der Waals surface area contributed by atoms with Crippen molar-refractivity contribution in [2.45, 2.75) is 0 Å². The van der Waals surface area contributed by atoms with Crippen LogP contribution in [-0.2, 0) is 0 Å². The van der Waals surface area contributed by atoms with Crippen molar-refractivity contribution in [3.8, 4) is 5.75 Å². The van der Waals surface area contributed by atoms with E-state index in [-0.39, 0.29) is 5.91 Å². The summed E-state index contributed by atoms with van der Waals surface area (Å²) in [5, 5.41) is 2.71. The van der Waals surface area contributed by atoms with E-state index in [0.717, 1.165) is 0 Å². The maximum atomic E-state index is 12.0. The average Bonchev–Trinajstić information content (AvgIpc) is 2.48. The van der Waals surface area contributed by atoms with Gasteiger partial charge in [0.2, 0.25) is 5.91 Å². The smallest absolute Gasteiger partial charge is 0.255 e. The van der Waals surface area contributed by atoms with Crippen molar-refractivity contribution < 1.29 is 14.3 Å². The second kappa shape index (κ2) is 5.88. The molecule has 2 rings (SSSR count). The molecule has 0 aliphatic rings.